The Morgan fingerprint density at radius 2 is 2.06 bits per heavy atom. The fraction of sp³-hybridized carbons (Fsp3) is 0.462. The SMILES string of the molecule is CN(Cc1cc(F)cc(C(=N)N)c1)C(C)(C)CO. The van der Waals surface area contributed by atoms with Crippen molar-refractivity contribution in [3.05, 3.63) is 35.1 Å². The molecule has 0 atom stereocenters. The molecule has 0 aromatic heterocycles. The monoisotopic (exact) mass is 253 g/mol. The smallest absolute Gasteiger partial charge is 0.124 e. The number of aliphatic hydroxyl groups excluding tert-OH is 1. The highest BCUT2D eigenvalue weighted by Gasteiger charge is 2.22. The van der Waals surface area contributed by atoms with Crippen molar-refractivity contribution in [1.29, 1.82) is 5.41 Å². The lowest BCUT2D eigenvalue weighted by molar-refractivity contribution is 0.0733. The summed E-state index contributed by atoms with van der Waals surface area (Å²) in [5.74, 6) is -0.562. The fourth-order valence-electron chi connectivity index (χ4n) is 1.51. The molecule has 0 saturated heterocycles. The first-order chi connectivity index (χ1) is 8.26. The molecule has 18 heavy (non-hydrogen) atoms. The lowest BCUT2D eigenvalue weighted by atomic mass is 10.0. The number of hydrogen-bond acceptors (Lipinski definition) is 3. The van der Waals surface area contributed by atoms with E-state index in [-0.39, 0.29) is 18.0 Å². The second kappa shape index (κ2) is 5.46. The topological polar surface area (TPSA) is 73.3 Å². The number of rotatable bonds is 5. The van der Waals surface area contributed by atoms with Crippen molar-refractivity contribution in [3.63, 3.8) is 0 Å². The maximum absolute atomic E-state index is 13.4. The van der Waals surface area contributed by atoms with Gasteiger partial charge in [0.25, 0.3) is 0 Å². The Labute approximate surface area is 107 Å². The molecule has 0 heterocycles. The third kappa shape index (κ3) is 3.51. The zero-order valence-electron chi connectivity index (χ0n) is 11.0. The van der Waals surface area contributed by atoms with E-state index in [1.807, 2.05) is 25.8 Å². The maximum Gasteiger partial charge on any atom is 0.124 e. The van der Waals surface area contributed by atoms with Crippen LogP contribution in [0.15, 0.2) is 18.2 Å². The van der Waals surface area contributed by atoms with Crippen molar-refractivity contribution in [2.75, 3.05) is 13.7 Å². The van der Waals surface area contributed by atoms with Gasteiger partial charge in [-0.15, -0.1) is 0 Å². The Balaban J connectivity index is 2.94. The molecule has 0 bridgehead atoms. The van der Waals surface area contributed by atoms with Crippen molar-refractivity contribution >= 4 is 5.84 Å². The Morgan fingerprint density at radius 1 is 1.44 bits per heavy atom. The highest BCUT2D eigenvalue weighted by molar-refractivity contribution is 5.95. The Kier molecular flexibility index (Phi) is 4.43. The van der Waals surface area contributed by atoms with E-state index in [4.69, 9.17) is 11.1 Å². The summed E-state index contributed by atoms with van der Waals surface area (Å²) >= 11 is 0. The molecule has 0 spiro atoms. The fourth-order valence-corrected chi connectivity index (χ4v) is 1.51. The normalized spacial score (nSPS) is 11.9. The first-order valence-electron chi connectivity index (χ1n) is 5.72. The lowest BCUT2D eigenvalue weighted by Gasteiger charge is -2.34. The van der Waals surface area contributed by atoms with Crippen LogP contribution in [0.25, 0.3) is 0 Å². The minimum Gasteiger partial charge on any atom is -0.394 e. The van der Waals surface area contributed by atoms with Crippen LogP contribution in [0.3, 0.4) is 0 Å². The number of likely N-dealkylation sites (N-methyl/N-ethyl adjacent to an activating group) is 1. The van der Waals surface area contributed by atoms with E-state index >= 15 is 0 Å². The molecule has 0 saturated carbocycles. The van der Waals surface area contributed by atoms with E-state index in [0.717, 1.165) is 5.56 Å². The van der Waals surface area contributed by atoms with Crippen LogP contribution >= 0.6 is 0 Å². The third-order valence-corrected chi connectivity index (χ3v) is 3.11. The summed E-state index contributed by atoms with van der Waals surface area (Å²) in [6, 6.07) is 4.34. The van der Waals surface area contributed by atoms with E-state index in [2.05, 4.69) is 0 Å². The zero-order valence-corrected chi connectivity index (χ0v) is 11.0. The van der Waals surface area contributed by atoms with Gasteiger partial charge in [-0.2, -0.15) is 0 Å². The average molecular weight is 253 g/mol. The Bertz CT molecular complexity index is 446. The lowest BCUT2D eigenvalue weighted by Crippen LogP contribution is -2.43. The standard InChI is InChI=1S/C13H20FN3O/c1-13(2,8-18)17(3)7-9-4-10(12(15)16)6-11(14)5-9/h4-6,18H,7-8H2,1-3H3,(H3,15,16). The summed E-state index contributed by atoms with van der Waals surface area (Å²) in [5, 5.41) is 16.6. The van der Waals surface area contributed by atoms with Crippen LogP contribution in [-0.2, 0) is 6.54 Å². The molecule has 4 N–H and O–H groups in total. The molecule has 0 aliphatic heterocycles. The van der Waals surface area contributed by atoms with Crippen LogP contribution in [0.5, 0.6) is 0 Å². The number of nitrogen functional groups attached to an aromatic ring is 1. The quantitative estimate of drug-likeness (QED) is 0.547. The van der Waals surface area contributed by atoms with Crippen molar-refractivity contribution < 1.29 is 9.50 Å². The third-order valence-electron chi connectivity index (χ3n) is 3.11. The second-order valence-corrected chi connectivity index (χ2v) is 5.09. The van der Waals surface area contributed by atoms with Crippen LogP contribution in [0, 0.1) is 11.2 Å². The highest BCUT2D eigenvalue weighted by atomic mass is 19.1. The number of benzene rings is 1. The van der Waals surface area contributed by atoms with Gasteiger partial charge in [0.05, 0.1) is 6.61 Å². The first-order valence-corrected chi connectivity index (χ1v) is 5.72. The molecule has 5 heteroatoms. The maximum atomic E-state index is 13.4. The largest absolute Gasteiger partial charge is 0.394 e. The van der Waals surface area contributed by atoms with Crippen molar-refractivity contribution in [1.82, 2.24) is 4.90 Å². The van der Waals surface area contributed by atoms with Gasteiger partial charge in [0.2, 0.25) is 0 Å². The van der Waals surface area contributed by atoms with Crippen LogP contribution in [0.4, 0.5) is 4.39 Å². The van der Waals surface area contributed by atoms with Crippen LogP contribution in [0.1, 0.15) is 25.0 Å². The summed E-state index contributed by atoms with van der Waals surface area (Å²) in [6.07, 6.45) is 0. The molecule has 0 aliphatic carbocycles. The van der Waals surface area contributed by atoms with Gasteiger partial charge in [-0.05, 0) is 44.7 Å². The molecular formula is C13H20FN3O. The number of hydrogen-bond donors (Lipinski definition) is 3. The summed E-state index contributed by atoms with van der Waals surface area (Å²) in [6.45, 7) is 4.29. The zero-order chi connectivity index (χ0) is 13.9. The molecule has 1 aromatic carbocycles. The number of nitrogens with one attached hydrogen (secondary N) is 1. The number of nitrogens with two attached hydrogens (primary N) is 1. The van der Waals surface area contributed by atoms with Crippen molar-refractivity contribution in [2.24, 2.45) is 5.73 Å². The molecule has 0 fully saturated rings. The molecule has 0 amide bonds. The predicted octanol–water partition coefficient (Wildman–Crippen LogP) is 1.31. The summed E-state index contributed by atoms with van der Waals surface area (Å²) < 4.78 is 13.4. The second-order valence-electron chi connectivity index (χ2n) is 5.09. The minimum atomic E-state index is -0.409. The van der Waals surface area contributed by atoms with Gasteiger partial charge in [0.15, 0.2) is 0 Å². The molecule has 0 aliphatic rings. The number of nitrogens with zero attached hydrogens (tertiary/aromatic N) is 1. The van der Waals surface area contributed by atoms with Gasteiger partial charge in [-0.3, -0.25) is 10.3 Å². The average Bonchev–Trinajstić information content (AvgIpc) is 2.28. The van der Waals surface area contributed by atoms with E-state index in [1.54, 1.807) is 6.07 Å². The summed E-state index contributed by atoms with van der Waals surface area (Å²) in [4.78, 5) is 1.92. The van der Waals surface area contributed by atoms with E-state index < -0.39 is 5.82 Å². The van der Waals surface area contributed by atoms with Crippen LogP contribution < -0.4 is 5.73 Å². The van der Waals surface area contributed by atoms with Gasteiger partial charge in [0.1, 0.15) is 11.7 Å². The van der Waals surface area contributed by atoms with Crippen molar-refractivity contribution in [3.8, 4) is 0 Å². The molecule has 4 nitrogen and oxygen atoms in total. The van der Waals surface area contributed by atoms with Crippen LogP contribution in [0.2, 0.25) is 0 Å². The molecule has 1 rings (SSSR count). The van der Waals surface area contributed by atoms with E-state index in [1.165, 1.54) is 12.1 Å². The van der Waals surface area contributed by atoms with Gasteiger partial charge >= 0.3 is 0 Å². The van der Waals surface area contributed by atoms with Gasteiger partial charge in [-0.25, -0.2) is 4.39 Å². The highest BCUT2D eigenvalue weighted by Crippen LogP contribution is 2.17. The Morgan fingerprint density at radius 3 is 2.56 bits per heavy atom. The predicted molar refractivity (Wildman–Crippen MR) is 70.0 cm³/mol. The number of aliphatic hydroxyl groups is 1. The van der Waals surface area contributed by atoms with Gasteiger partial charge in [0, 0.05) is 17.6 Å². The Hall–Kier alpha value is -1.46. The first kappa shape index (κ1) is 14.6. The van der Waals surface area contributed by atoms with E-state index in [0.29, 0.717) is 12.1 Å². The number of amidine groups is 1. The van der Waals surface area contributed by atoms with Gasteiger partial charge < -0.3 is 10.8 Å². The molecule has 0 unspecified atom stereocenters. The van der Waals surface area contributed by atoms with Gasteiger partial charge in [-0.1, -0.05) is 0 Å². The number of halogens is 1. The summed E-state index contributed by atoms with van der Waals surface area (Å²) in [7, 11) is 1.86. The molecule has 1 aromatic rings. The molecule has 100 valence electrons. The molecular weight excluding hydrogens is 233 g/mol. The van der Waals surface area contributed by atoms with Crippen LogP contribution in [-0.4, -0.2) is 35.0 Å². The summed E-state index contributed by atoms with van der Waals surface area (Å²) in [5.41, 5.74) is 6.07. The van der Waals surface area contributed by atoms with E-state index in [9.17, 15) is 9.50 Å². The minimum absolute atomic E-state index is 0.0123. The van der Waals surface area contributed by atoms with Crippen molar-refractivity contribution in [2.45, 2.75) is 25.9 Å². The molecule has 0 radical (unpaired) electrons.